The number of H-pyrrole nitrogens is 1. The molecule has 1 amide bonds. The normalized spacial score (nSPS) is 10.4. The monoisotopic (exact) mass is 332 g/mol. The molecular weight excluding hydrogens is 326 g/mol. The molecule has 2 aromatic heterocycles. The van der Waals surface area contributed by atoms with Crippen LogP contribution in [0.25, 0.3) is 0 Å². The zero-order valence-electron chi connectivity index (χ0n) is 9.09. The van der Waals surface area contributed by atoms with Crippen molar-refractivity contribution in [1.29, 1.82) is 0 Å². The molecule has 8 heteroatoms. The maximum Gasteiger partial charge on any atom is 0.261 e. The molecule has 0 aliphatic heterocycles. The molecule has 0 radical (unpaired) electrons. The first-order valence-corrected chi connectivity index (χ1v) is 5.99. The number of aromatic nitrogens is 3. The standard InChI is InChI=1S/C10H7BrClFN4O/c1-4-2-6(17-16-4)15-10(18)7-5(13)3-14-9(12)8(7)11/h2-3H,1H3,(H2,15,16,17,18). The van der Waals surface area contributed by atoms with E-state index in [4.69, 9.17) is 11.6 Å². The van der Waals surface area contributed by atoms with Crippen LogP contribution < -0.4 is 5.32 Å². The van der Waals surface area contributed by atoms with E-state index in [0.717, 1.165) is 6.20 Å². The van der Waals surface area contributed by atoms with Crippen molar-refractivity contribution in [2.24, 2.45) is 0 Å². The summed E-state index contributed by atoms with van der Waals surface area (Å²) in [6.45, 7) is 1.76. The molecule has 0 unspecified atom stereocenters. The van der Waals surface area contributed by atoms with Crippen LogP contribution in [0.15, 0.2) is 16.7 Å². The van der Waals surface area contributed by atoms with Crippen LogP contribution in [0.1, 0.15) is 16.1 Å². The van der Waals surface area contributed by atoms with Crippen molar-refractivity contribution >= 4 is 39.3 Å². The van der Waals surface area contributed by atoms with E-state index in [9.17, 15) is 9.18 Å². The quantitative estimate of drug-likeness (QED) is 0.830. The van der Waals surface area contributed by atoms with Crippen LogP contribution >= 0.6 is 27.5 Å². The summed E-state index contributed by atoms with van der Waals surface area (Å²) in [4.78, 5) is 15.5. The Morgan fingerprint density at radius 1 is 1.61 bits per heavy atom. The van der Waals surface area contributed by atoms with Gasteiger partial charge < -0.3 is 5.32 Å². The van der Waals surface area contributed by atoms with E-state index in [0.29, 0.717) is 11.5 Å². The first kappa shape index (κ1) is 13.0. The molecule has 2 aromatic rings. The Hall–Kier alpha value is -1.47. The zero-order valence-corrected chi connectivity index (χ0v) is 11.4. The van der Waals surface area contributed by atoms with Crippen molar-refractivity contribution < 1.29 is 9.18 Å². The molecule has 18 heavy (non-hydrogen) atoms. The lowest BCUT2D eigenvalue weighted by Gasteiger charge is -2.06. The number of carbonyl (C=O) groups excluding carboxylic acids is 1. The van der Waals surface area contributed by atoms with Crippen LogP contribution in [-0.2, 0) is 0 Å². The van der Waals surface area contributed by atoms with Gasteiger partial charge in [0.2, 0.25) is 0 Å². The van der Waals surface area contributed by atoms with Crippen molar-refractivity contribution in [3.63, 3.8) is 0 Å². The van der Waals surface area contributed by atoms with Crippen molar-refractivity contribution in [3.8, 4) is 0 Å². The fourth-order valence-electron chi connectivity index (χ4n) is 1.32. The molecule has 0 aliphatic rings. The molecule has 2 N–H and O–H groups in total. The molecule has 0 bridgehead atoms. The minimum atomic E-state index is -0.764. The SMILES string of the molecule is Cc1cc(NC(=O)c2c(F)cnc(Cl)c2Br)[nH]n1. The molecule has 0 aromatic carbocycles. The number of halogens is 3. The van der Waals surface area contributed by atoms with Gasteiger partial charge in [-0.05, 0) is 22.9 Å². The van der Waals surface area contributed by atoms with Gasteiger partial charge in [-0.15, -0.1) is 0 Å². The summed E-state index contributed by atoms with van der Waals surface area (Å²) in [7, 11) is 0. The lowest BCUT2D eigenvalue weighted by molar-refractivity contribution is 0.102. The van der Waals surface area contributed by atoms with Gasteiger partial charge >= 0.3 is 0 Å². The van der Waals surface area contributed by atoms with E-state index in [2.05, 4.69) is 36.4 Å². The summed E-state index contributed by atoms with van der Waals surface area (Å²) in [5.41, 5.74) is 0.500. The fourth-order valence-corrected chi connectivity index (χ4v) is 1.94. The van der Waals surface area contributed by atoms with Crippen molar-refractivity contribution in [2.45, 2.75) is 6.92 Å². The molecule has 2 rings (SSSR count). The topological polar surface area (TPSA) is 70.7 Å². The number of nitrogens with one attached hydrogen (secondary N) is 2. The minimum absolute atomic E-state index is 0.0161. The highest BCUT2D eigenvalue weighted by Gasteiger charge is 2.19. The van der Waals surface area contributed by atoms with E-state index in [-0.39, 0.29) is 15.2 Å². The molecule has 0 aliphatic carbocycles. The summed E-state index contributed by atoms with van der Waals surface area (Å²) < 4.78 is 13.7. The Kier molecular flexibility index (Phi) is 3.63. The fraction of sp³-hybridized carbons (Fsp3) is 0.100. The van der Waals surface area contributed by atoms with Crippen LogP contribution in [0.5, 0.6) is 0 Å². The first-order chi connectivity index (χ1) is 8.49. The number of anilines is 1. The third kappa shape index (κ3) is 2.51. The molecular formula is C10H7BrClFN4O. The largest absolute Gasteiger partial charge is 0.307 e. The number of amides is 1. The number of rotatable bonds is 2. The Morgan fingerprint density at radius 2 is 2.33 bits per heavy atom. The summed E-state index contributed by atoms with van der Waals surface area (Å²) >= 11 is 8.74. The second-order valence-electron chi connectivity index (χ2n) is 3.46. The van der Waals surface area contributed by atoms with E-state index >= 15 is 0 Å². The van der Waals surface area contributed by atoms with E-state index in [1.165, 1.54) is 0 Å². The smallest absolute Gasteiger partial charge is 0.261 e. The third-order valence-electron chi connectivity index (χ3n) is 2.11. The van der Waals surface area contributed by atoms with Gasteiger partial charge in [0.25, 0.3) is 5.91 Å². The zero-order chi connectivity index (χ0) is 13.3. The number of carbonyl (C=O) groups is 1. The van der Waals surface area contributed by atoms with Gasteiger partial charge in [0.15, 0.2) is 5.82 Å². The number of aromatic amines is 1. The van der Waals surface area contributed by atoms with Crippen molar-refractivity contribution in [1.82, 2.24) is 15.2 Å². The van der Waals surface area contributed by atoms with Gasteiger partial charge in [-0.3, -0.25) is 9.89 Å². The second-order valence-corrected chi connectivity index (χ2v) is 4.61. The second kappa shape index (κ2) is 5.03. The highest BCUT2D eigenvalue weighted by atomic mass is 79.9. The van der Waals surface area contributed by atoms with E-state index in [1.54, 1.807) is 13.0 Å². The van der Waals surface area contributed by atoms with Gasteiger partial charge in [-0.1, -0.05) is 11.6 Å². The lowest BCUT2D eigenvalue weighted by Crippen LogP contribution is -2.15. The van der Waals surface area contributed by atoms with Crippen LogP contribution in [0.3, 0.4) is 0 Å². The van der Waals surface area contributed by atoms with Crippen molar-refractivity contribution in [2.75, 3.05) is 5.32 Å². The average molecular weight is 334 g/mol. The maximum absolute atomic E-state index is 13.6. The number of hydrogen-bond acceptors (Lipinski definition) is 3. The van der Waals surface area contributed by atoms with Gasteiger partial charge in [0.1, 0.15) is 11.0 Å². The summed E-state index contributed by atoms with van der Waals surface area (Å²) in [5, 5.41) is 8.92. The molecule has 0 fully saturated rings. The van der Waals surface area contributed by atoms with Crippen LogP contribution in [0.2, 0.25) is 5.15 Å². The highest BCUT2D eigenvalue weighted by Crippen LogP contribution is 2.26. The van der Waals surface area contributed by atoms with Gasteiger partial charge in [0.05, 0.1) is 21.9 Å². The predicted molar refractivity (Wildman–Crippen MR) is 68.2 cm³/mol. The Bertz CT molecular complexity index is 616. The highest BCUT2D eigenvalue weighted by molar-refractivity contribution is 9.10. The average Bonchev–Trinajstić information content (AvgIpc) is 2.70. The molecule has 0 spiro atoms. The number of pyridine rings is 1. The number of hydrogen-bond donors (Lipinski definition) is 2. The van der Waals surface area contributed by atoms with Gasteiger partial charge in [0, 0.05) is 6.07 Å². The maximum atomic E-state index is 13.6. The summed E-state index contributed by atoms with van der Waals surface area (Å²) in [5.74, 6) is -1.04. The molecule has 2 heterocycles. The molecule has 5 nitrogen and oxygen atoms in total. The Balaban J connectivity index is 2.32. The molecule has 0 atom stereocenters. The van der Waals surface area contributed by atoms with Crippen LogP contribution in [0, 0.1) is 12.7 Å². The predicted octanol–water partition coefficient (Wildman–Crippen LogP) is 2.92. The van der Waals surface area contributed by atoms with Crippen molar-refractivity contribution in [3.05, 3.63) is 39.0 Å². The molecule has 94 valence electrons. The minimum Gasteiger partial charge on any atom is -0.307 e. The Morgan fingerprint density at radius 3 is 2.94 bits per heavy atom. The van der Waals surface area contributed by atoms with Gasteiger partial charge in [-0.25, -0.2) is 9.37 Å². The lowest BCUT2D eigenvalue weighted by atomic mass is 10.2. The van der Waals surface area contributed by atoms with E-state index < -0.39 is 11.7 Å². The number of nitrogens with zero attached hydrogens (tertiary/aromatic N) is 2. The molecule has 0 saturated carbocycles. The first-order valence-electron chi connectivity index (χ1n) is 4.82. The van der Waals surface area contributed by atoms with Crippen LogP contribution in [0.4, 0.5) is 10.2 Å². The molecule has 0 saturated heterocycles. The number of aryl methyl sites for hydroxylation is 1. The van der Waals surface area contributed by atoms with Gasteiger partial charge in [-0.2, -0.15) is 5.10 Å². The summed E-state index contributed by atoms with van der Waals surface area (Å²) in [6, 6.07) is 1.62. The van der Waals surface area contributed by atoms with Crippen LogP contribution in [-0.4, -0.2) is 21.1 Å². The third-order valence-corrected chi connectivity index (χ3v) is 3.40. The van der Waals surface area contributed by atoms with E-state index in [1.807, 2.05) is 0 Å². The Labute approximate surface area is 115 Å². The summed E-state index contributed by atoms with van der Waals surface area (Å²) in [6.07, 6.45) is 0.889.